The van der Waals surface area contributed by atoms with Crippen molar-refractivity contribution in [2.45, 2.75) is 76.8 Å². The SMILES string of the molecule is C=C(CN(CCC(c1ccccc1)c1ccccc1)C(=O)NCCC)CN(C(=O)NCCC)[C@@H]1CCCC[C@@H]1N. The summed E-state index contributed by atoms with van der Waals surface area (Å²) in [6.07, 6.45) is 6.47. The Kier molecular flexibility index (Phi) is 13.0. The highest BCUT2D eigenvalue weighted by molar-refractivity contribution is 5.76. The molecule has 0 heterocycles. The molecular weight excluding hydrogens is 498 g/mol. The quantitative estimate of drug-likeness (QED) is 0.258. The van der Waals surface area contributed by atoms with Crippen LogP contribution in [-0.4, -0.2) is 66.7 Å². The third-order valence-corrected chi connectivity index (χ3v) is 7.68. The van der Waals surface area contributed by atoms with Gasteiger partial charge < -0.3 is 26.2 Å². The third kappa shape index (κ3) is 9.40. The summed E-state index contributed by atoms with van der Waals surface area (Å²) in [4.78, 5) is 30.2. The van der Waals surface area contributed by atoms with Crippen LogP contribution in [0.15, 0.2) is 72.8 Å². The van der Waals surface area contributed by atoms with Crippen molar-refractivity contribution in [2.75, 3.05) is 32.7 Å². The summed E-state index contributed by atoms with van der Waals surface area (Å²) >= 11 is 0. The number of nitrogens with one attached hydrogen (secondary N) is 2. The van der Waals surface area contributed by atoms with Crippen LogP contribution in [0.1, 0.15) is 75.8 Å². The van der Waals surface area contributed by atoms with E-state index in [1.165, 1.54) is 11.1 Å². The minimum atomic E-state index is -0.0979. The highest BCUT2D eigenvalue weighted by Crippen LogP contribution is 2.28. The Morgan fingerprint density at radius 1 is 0.875 bits per heavy atom. The van der Waals surface area contributed by atoms with Crippen LogP contribution in [0.5, 0.6) is 0 Å². The molecule has 0 aromatic heterocycles. The van der Waals surface area contributed by atoms with E-state index >= 15 is 0 Å². The van der Waals surface area contributed by atoms with Crippen LogP contribution in [0.25, 0.3) is 0 Å². The van der Waals surface area contributed by atoms with E-state index in [0.717, 1.165) is 50.5 Å². The van der Waals surface area contributed by atoms with Crippen molar-refractivity contribution in [1.29, 1.82) is 0 Å². The molecule has 0 spiro atoms. The molecule has 7 heteroatoms. The molecule has 1 fully saturated rings. The maximum atomic E-state index is 13.3. The predicted molar refractivity (Wildman–Crippen MR) is 164 cm³/mol. The first-order valence-electron chi connectivity index (χ1n) is 15.0. The molecule has 2 aromatic carbocycles. The summed E-state index contributed by atoms with van der Waals surface area (Å²) in [5, 5.41) is 6.08. The molecule has 0 radical (unpaired) electrons. The number of nitrogens with zero attached hydrogens (tertiary/aromatic N) is 2. The smallest absolute Gasteiger partial charge is 0.317 e. The van der Waals surface area contributed by atoms with Crippen molar-refractivity contribution in [1.82, 2.24) is 20.4 Å². The topological polar surface area (TPSA) is 90.7 Å². The monoisotopic (exact) mass is 547 g/mol. The van der Waals surface area contributed by atoms with E-state index in [4.69, 9.17) is 5.73 Å². The minimum absolute atomic E-state index is 0.0229. The van der Waals surface area contributed by atoms with Gasteiger partial charge in [0.15, 0.2) is 0 Å². The van der Waals surface area contributed by atoms with Gasteiger partial charge in [-0.15, -0.1) is 0 Å². The van der Waals surface area contributed by atoms with Crippen LogP contribution in [0.3, 0.4) is 0 Å². The maximum absolute atomic E-state index is 13.3. The number of nitrogens with two attached hydrogens (primary N) is 1. The second-order valence-corrected chi connectivity index (χ2v) is 10.9. The van der Waals surface area contributed by atoms with E-state index in [1.54, 1.807) is 0 Å². The Labute approximate surface area is 241 Å². The number of benzene rings is 2. The summed E-state index contributed by atoms with van der Waals surface area (Å²) < 4.78 is 0. The highest BCUT2D eigenvalue weighted by atomic mass is 16.2. The molecule has 1 aliphatic rings. The zero-order chi connectivity index (χ0) is 28.7. The normalized spacial score (nSPS) is 16.8. The molecule has 40 heavy (non-hydrogen) atoms. The zero-order valence-electron chi connectivity index (χ0n) is 24.5. The highest BCUT2D eigenvalue weighted by Gasteiger charge is 2.31. The van der Waals surface area contributed by atoms with Gasteiger partial charge in [0.2, 0.25) is 0 Å². The lowest BCUT2D eigenvalue weighted by Gasteiger charge is -2.39. The Morgan fingerprint density at radius 3 is 1.98 bits per heavy atom. The van der Waals surface area contributed by atoms with E-state index < -0.39 is 0 Å². The Bertz CT molecular complexity index is 1010. The fourth-order valence-electron chi connectivity index (χ4n) is 5.54. The number of hydrogen-bond donors (Lipinski definition) is 3. The van der Waals surface area contributed by atoms with E-state index in [9.17, 15) is 9.59 Å². The van der Waals surface area contributed by atoms with Crippen molar-refractivity contribution in [3.8, 4) is 0 Å². The van der Waals surface area contributed by atoms with Gasteiger partial charge >= 0.3 is 12.1 Å². The lowest BCUT2D eigenvalue weighted by molar-refractivity contribution is 0.149. The van der Waals surface area contributed by atoms with Crippen LogP contribution < -0.4 is 16.4 Å². The fourth-order valence-corrected chi connectivity index (χ4v) is 5.54. The third-order valence-electron chi connectivity index (χ3n) is 7.68. The molecule has 4 N–H and O–H groups in total. The second-order valence-electron chi connectivity index (χ2n) is 10.9. The van der Waals surface area contributed by atoms with Gasteiger partial charge in [-0.25, -0.2) is 9.59 Å². The maximum Gasteiger partial charge on any atom is 0.317 e. The van der Waals surface area contributed by atoms with Crippen molar-refractivity contribution in [2.24, 2.45) is 5.73 Å². The molecule has 7 nitrogen and oxygen atoms in total. The molecule has 3 rings (SSSR count). The van der Waals surface area contributed by atoms with Crippen molar-refractivity contribution in [3.63, 3.8) is 0 Å². The molecule has 1 aliphatic carbocycles. The Hall–Kier alpha value is -3.32. The van der Waals surface area contributed by atoms with Crippen LogP contribution in [0.2, 0.25) is 0 Å². The molecule has 218 valence electrons. The first kappa shape index (κ1) is 31.2. The van der Waals surface area contributed by atoms with Crippen molar-refractivity contribution in [3.05, 3.63) is 83.9 Å². The molecule has 1 saturated carbocycles. The van der Waals surface area contributed by atoms with Crippen molar-refractivity contribution < 1.29 is 9.59 Å². The number of carbonyl (C=O) groups is 2. The van der Waals surface area contributed by atoms with Gasteiger partial charge in [-0.2, -0.15) is 0 Å². The average molecular weight is 548 g/mol. The Morgan fingerprint density at radius 2 is 1.43 bits per heavy atom. The van der Waals surface area contributed by atoms with Gasteiger partial charge in [-0.05, 0) is 48.8 Å². The van der Waals surface area contributed by atoms with Gasteiger partial charge in [-0.1, -0.05) is 93.9 Å². The van der Waals surface area contributed by atoms with E-state index in [1.807, 2.05) is 35.8 Å². The van der Waals surface area contributed by atoms with Gasteiger partial charge in [-0.3, -0.25) is 0 Å². The van der Waals surface area contributed by atoms with Gasteiger partial charge in [0.1, 0.15) is 0 Å². The standard InChI is InChI=1S/C33H49N5O2/c1-4-21-35-32(39)37(23-20-29(27-14-8-6-9-15-27)28-16-10-7-11-17-28)24-26(3)25-38(33(40)36-22-5-2)31-19-13-12-18-30(31)34/h6-11,14-17,29-31H,3-5,12-13,18-25,34H2,1-2H3,(H,35,39)(H,36,40)/t30-,31+/m0/s1. The molecule has 0 saturated heterocycles. The summed E-state index contributed by atoms with van der Waals surface area (Å²) in [6.45, 7) is 11.0. The summed E-state index contributed by atoms with van der Waals surface area (Å²) in [5.41, 5.74) is 9.77. The first-order chi connectivity index (χ1) is 19.4. The summed E-state index contributed by atoms with van der Waals surface area (Å²) in [7, 11) is 0. The molecule has 4 amide bonds. The summed E-state index contributed by atoms with van der Waals surface area (Å²) in [6, 6.07) is 20.6. The number of amides is 4. The van der Waals surface area contributed by atoms with Gasteiger partial charge in [0.25, 0.3) is 0 Å². The molecular formula is C33H49N5O2. The molecule has 0 bridgehead atoms. The zero-order valence-corrected chi connectivity index (χ0v) is 24.5. The molecule has 2 atom stereocenters. The van der Waals surface area contributed by atoms with E-state index in [-0.39, 0.29) is 30.1 Å². The Balaban J connectivity index is 1.76. The van der Waals surface area contributed by atoms with Gasteiger partial charge in [0, 0.05) is 50.7 Å². The summed E-state index contributed by atoms with van der Waals surface area (Å²) in [5.74, 6) is 0.161. The van der Waals surface area contributed by atoms with Crippen LogP contribution >= 0.6 is 0 Å². The minimum Gasteiger partial charge on any atom is -0.338 e. The number of carbonyl (C=O) groups excluding carboxylic acids is 2. The van der Waals surface area contributed by atoms with Crippen LogP contribution in [0, 0.1) is 0 Å². The molecule has 0 unspecified atom stereocenters. The largest absolute Gasteiger partial charge is 0.338 e. The van der Waals surface area contributed by atoms with Crippen LogP contribution in [-0.2, 0) is 0 Å². The lowest BCUT2D eigenvalue weighted by Crippen LogP contribution is -2.55. The lowest BCUT2D eigenvalue weighted by atomic mass is 9.88. The number of rotatable bonds is 14. The molecule has 2 aromatic rings. The van der Waals surface area contributed by atoms with Gasteiger partial charge in [0.05, 0.1) is 0 Å². The first-order valence-corrected chi connectivity index (χ1v) is 15.0. The number of urea groups is 2. The molecule has 0 aliphatic heterocycles. The van der Waals surface area contributed by atoms with E-state index in [0.29, 0.717) is 32.7 Å². The van der Waals surface area contributed by atoms with Crippen molar-refractivity contribution >= 4 is 12.1 Å². The van der Waals surface area contributed by atoms with E-state index in [2.05, 4.69) is 65.7 Å². The second kappa shape index (κ2) is 16.7. The fraction of sp³-hybridized carbons (Fsp3) is 0.515. The van der Waals surface area contributed by atoms with Crippen LogP contribution in [0.4, 0.5) is 9.59 Å². The average Bonchev–Trinajstić information content (AvgIpc) is 2.98. The number of hydrogen-bond acceptors (Lipinski definition) is 3. The predicted octanol–water partition coefficient (Wildman–Crippen LogP) is 5.88.